The van der Waals surface area contributed by atoms with Crippen LogP contribution in [0.4, 0.5) is 5.69 Å². The Morgan fingerprint density at radius 2 is 2.00 bits per heavy atom. The Hall–Kier alpha value is -1.07. The first-order valence-corrected chi connectivity index (χ1v) is 8.53. The third kappa shape index (κ3) is 3.33. The Bertz CT molecular complexity index is 594. The van der Waals surface area contributed by atoms with Gasteiger partial charge in [-0.3, -0.25) is 0 Å². The molecule has 2 N–H and O–H groups in total. The van der Waals surface area contributed by atoms with Gasteiger partial charge in [0.05, 0.1) is 4.90 Å². The van der Waals surface area contributed by atoms with Crippen molar-refractivity contribution >= 4 is 15.7 Å². The second-order valence-electron chi connectivity index (χ2n) is 6.44. The maximum Gasteiger partial charge on any atom is 0.240 e. The van der Waals surface area contributed by atoms with Gasteiger partial charge in [-0.1, -0.05) is 19.9 Å². The highest BCUT2D eigenvalue weighted by molar-refractivity contribution is 7.89. The molecule has 2 rings (SSSR count). The molecule has 0 bridgehead atoms. The van der Waals surface area contributed by atoms with Gasteiger partial charge in [-0.05, 0) is 56.3 Å². The van der Waals surface area contributed by atoms with E-state index in [0.29, 0.717) is 16.4 Å². The summed E-state index contributed by atoms with van der Waals surface area (Å²) >= 11 is 0. The highest BCUT2D eigenvalue weighted by Crippen LogP contribution is 2.38. The quantitative estimate of drug-likeness (QED) is 0.898. The summed E-state index contributed by atoms with van der Waals surface area (Å²) < 4.78 is 26.3. The Kier molecular flexibility index (Phi) is 4.12. The number of hydrogen-bond acceptors (Lipinski definition) is 3. The Morgan fingerprint density at radius 3 is 2.55 bits per heavy atom. The molecule has 1 atom stereocenters. The van der Waals surface area contributed by atoms with Gasteiger partial charge in [-0.2, -0.15) is 0 Å². The van der Waals surface area contributed by atoms with Gasteiger partial charge in [0.2, 0.25) is 10.0 Å². The molecule has 5 heteroatoms. The van der Waals surface area contributed by atoms with Gasteiger partial charge in [0.1, 0.15) is 0 Å². The maximum absolute atomic E-state index is 12.0. The van der Waals surface area contributed by atoms with Crippen LogP contribution < -0.4 is 10.0 Å². The van der Waals surface area contributed by atoms with Crippen LogP contribution in [0.3, 0.4) is 0 Å². The summed E-state index contributed by atoms with van der Waals surface area (Å²) in [7, 11) is -1.96. The van der Waals surface area contributed by atoms with E-state index in [0.717, 1.165) is 24.1 Å². The van der Waals surface area contributed by atoms with Crippen LogP contribution in [-0.4, -0.2) is 21.5 Å². The Morgan fingerprint density at radius 1 is 1.30 bits per heavy atom. The van der Waals surface area contributed by atoms with Crippen molar-refractivity contribution in [1.82, 2.24) is 4.72 Å². The number of benzene rings is 1. The lowest BCUT2D eigenvalue weighted by atomic mass is 9.92. The SMILES string of the molecule is CNS(=O)(=O)c1cc(NC2CCC(C)(C)C2)ccc1C. The minimum Gasteiger partial charge on any atom is -0.382 e. The molecule has 0 spiro atoms. The van der Waals surface area contributed by atoms with Crippen molar-refractivity contribution in [2.24, 2.45) is 5.41 Å². The Labute approximate surface area is 122 Å². The summed E-state index contributed by atoms with van der Waals surface area (Å²) in [6.45, 7) is 6.37. The van der Waals surface area contributed by atoms with Crippen molar-refractivity contribution in [2.75, 3.05) is 12.4 Å². The second kappa shape index (κ2) is 5.37. The van der Waals surface area contributed by atoms with Crippen molar-refractivity contribution in [3.63, 3.8) is 0 Å². The van der Waals surface area contributed by atoms with Crippen molar-refractivity contribution in [3.05, 3.63) is 23.8 Å². The topological polar surface area (TPSA) is 58.2 Å². The van der Waals surface area contributed by atoms with Crippen LogP contribution in [0.15, 0.2) is 23.1 Å². The summed E-state index contributed by atoms with van der Waals surface area (Å²) in [5, 5.41) is 3.47. The number of sulfonamides is 1. The molecule has 1 aromatic rings. The summed E-state index contributed by atoms with van der Waals surface area (Å²) in [6, 6.07) is 5.96. The first kappa shape index (κ1) is 15.3. The number of anilines is 1. The van der Waals surface area contributed by atoms with E-state index in [1.807, 2.05) is 19.1 Å². The molecule has 1 unspecified atom stereocenters. The van der Waals surface area contributed by atoms with Crippen LogP contribution in [0.25, 0.3) is 0 Å². The van der Waals surface area contributed by atoms with Crippen molar-refractivity contribution < 1.29 is 8.42 Å². The normalized spacial score (nSPS) is 21.9. The van der Waals surface area contributed by atoms with Gasteiger partial charge in [-0.25, -0.2) is 13.1 Å². The molecule has 20 heavy (non-hydrogen) atoms. The van der Waals surface area contributed by atoms with Crippen molar-refractivity contribution in [1.29, 1.82) is 0 Å². The lowest BCUT2D eigenvalue weighted by Gasteiger charge is -2.19. The third-order valence-electron chi connectivity index (χ3n) is 4.09. The molecule has 4 nitrogen and oxygen atoms in total. The van der Waals surface area contributed by atoms with E-state index in [9.17, 15) is 8.42 Å². The fourth-order valence-corrected chi connectivity index (χ4v) is 3.88. The summed E-state index contributed by atoms with van der Waals surface area (Å²) in [4.78, 5) is 0.349. The zero-order valence-corrected chi connectivity index (χ0v) is 13.5. The molecule has 0 aromatic heterocycles. The molecule has 0 saturated heterocycles. The van der Waals surface area contributed by atoms with Crippen LogP contribution in [0.5, 0.6) is 0 Å². The average molecular weight is 296 g/mol. The number of hydrogen-bond donors (Lipinski definition) is 2. The van der Waals surface area contributed by atoms with Gasteiger partial charge in [0, 0.05) is 11.7 Å². The largest absolute Gasteiger partial charge is 0.382 e. The summed E-state index contributed by atoms with van der Waals surface area (Å²) in [5.41, 5.74) is 2.02. The fourth-order valence-electron chi connectivity index (χ4n) is 2.88. The first-order chi connectivity index (χ1) is 9.23. The highest BCUT2D eigenvalue weighted by Gasteiger charge is 2.30. The van der Waals surface area contributed by atoms with Crippen LogP contribution in [-0.2, 0) is 10.0 Å². The van der Waals surface area contributed by atoms with E-state index in [2.05, 4.69) is 23.9 Å². The standard InChI is InChI=1S/C15H24N2O2S/c1-11-5-6-12(9-14(11)20(18,19)16-4)17-13-7-8-15(2,3)10-13/h5-6,9,13,16-17H,7-8,10H2,1-4H3. The van der Waals surface area contributed by atoms with Gasteiger partial charge >= 0.3 is 0 Å². The van der Waals surface area contributed by atoms with E-state index in [-0.39, 0.29) is 0 Å². The Balaban J connectivity index is 2.21. The van der Waals surface area contributed by atoms with E-state index >= 15 is 0 Å². The number of aryl methyl sites for hydroxylation is 1. The van der Waals surface area contributed by atoms with Crippen molar-refractivity contribution in [3.8, 4) is 0 Å². The van der Waals surface area contributed by atoms with Gasteiger partial charge in [0.15, 0.2) is 0 Å². The fraction of sp³-hybridized carbons (Fsp3) is 0.600. The predicted molar refractivity (Wildman–Crippen MR) is 82.5 cm³/mol. The summed E-state index contributed by atoms with van der Waals surface area (Å²) in [6.07, 6.45) is 3.46. The smallest absolute Gasteiger partial charge is 0.240 e. The highest BCUT2D eigenvalue weighted by atomic mass is 32.2. The number of rotatable bonds is 4. The van der Waals surface area contributed by atoms with E-state index in [4.69, 9.17) is 0 Å². The van der Waals surface area contributed by atoms with Crippen LogP contribution in [0, 0.1) is 12.3 Å². The monoisotopic (exact) mass is 296 g/mol. The van der Waals surface area contributed by atoms with Crippen LogP contribution in [0.1, 0.15) is 38.7 Å². The molecular formula is C15H24N2O2S. The molecule has 0 heterocycles. The molecule has 1 fully saturated rings. The molecule has 1 aliphatic carbocycles. The minimum absolute atomic E-state index is 0.349. The second-order valence-corrected chi connectivity index (χ2v) is 8.29. The van der Waals surface area contributed by atoms with Gasteiger partial charge in [-0.15, -0.1) is 0 Å². The molecule has 112 valence electrons. The van der Waals surface area contributed by atoms with Crippen molar-refractivity contribution in [2.45, 2.75) is 51.0 Å². The minimum atomic E-state index is -3.40. The zero-order valence-electron chi connectivity index (χ0n) is 12.7. The maximum atomic E-state index is 12.0. The van der Waals surface area contributed by atoms with E-state index in [1.54, 1.807) is 6.07 Å². The zero-order chi connectivity index (χ0) is 15.0. The van der Waals surface area contributed by atoms with E-state index < -0.39 is 10.0 Å². The van der Waals surface area contributed by atoms with Gasteiger partial charge < -0.3 is 5.32 Å². The van der Waals surface area contributed by atoms with Crippen LogP contribution >= 0.6 is 0 Å². The lowest BCUT2D eigenvalue weighted by molar-refractivity contribution is 0.378. The molecule has 1 aliphatic rings. The van der Waals surface area contributed by atoms with Gasteiger partial charge in [0.25, 0.3) is 0 Å². The number of nitrogens with one attached hydrogen (secondary N) is 2. The third-order valence-corrected chi connectivity index (χ3v) is 5.64. The average Bonchev–Trinajstić information content (AvgIpc) is 2.71. The summed E-state index contributed by atoms with van der Waals surface area (Å²) in [5.74, 6) is 0. The molecule has 0 radical (unpaired) electrons. The van der Waals surface area contributed by atoms with E-state index in [1.165, 1.54) is 13.5 Å². The molecule has 1 aromatic carbocycles. The molecular weight excluding hydrogens is 272 g/mol. The van der Waals surface area contributed by atoms with Crippen LogP contribution in [0.2, 0.25) is 0 Å². The first-order valence-electron chi connectivity index (χ1n) is 7.04. The lowest BCUT2D eigenvalue weighted by Crippen LogP contribution is -2.21. The molecule has 0 amide bonds. The molecule has 1 saturated carbocycles. The predicted octanol–water partition coefficient (Wildman–Crippen LogP) is 2.89. The molecule has 0 aliphatic heterocycles.